The van der Waals surface area contributed by atoms with Gasteiger partial charge in [-0.1, -0.05) is 36.4 Å². The lowest BCUT2D eigenvalue weighted by Crippen LogP contribution is -2.40. The zero-order valence-corrected chi connectivity index (χ0v) is 20.0. The molecule has 0 bridgehead atoms. The molecule has 2 heterocycles. The fourth-order valence-corrected chi connectivity index (χ4v) is 4.20. The second-order valence-corrected chi connectivity index (χ2v) is 8.97. The molecule has 188 valence electrons. The predicted octanol–water partition coefficient (Wildman–Crippen LogP) is 2.99. The van der Waals surface area contributed by atoms with Gasteiger partial charge >= 0.3 is 5.97 Å². The van der Waals surface area contributed by atoms with Crippen LogP contribution >= 0.6 is 0 Å². The molecule has 0 spiro atoms. The zero-order chi connectivity index (χ0) is 25.7. The Labute approximate surface area is 208 Å². The van der Waals surface area contributed by atoms with Gasteiger partial charge in [-0.15, -0.1) is 0 Å². The molecule has 2 aromatic carbocycles. The van der Waals surface area contributed by atoms with Gasteiger partial charge in [0.05, 0.1) is 18.4 Å². The number of likely N-dealkylation sites (tertiary alicyclic amines) is 1. The summed E-state index contributed by atoms with van der Waals surface area (Å²) in [5.74, 6) is -2.07. The molecular formula is C27H29N3O6. The minimum atomic E-state index is -1.00. The molecule has 1 aromatic heterocycles. The maximum absolute atomic E-state index is 12.8. The first-order chi connectivity index (χ1) is 17.3. The van der Waals surface area contributed by atoms with Crippen LogP contribution in [0.15, 0.2) is 59.2 Å². The summed E-state index contributed by atoms with van der Waals surface area (Å²) in [6, 6.07) is 14.5. The van der Waals surface area contributed by atoms with Crippen LogP contribution in [0.3, 0.4) is 0 Å². The molecule has 3 N–H and O–H groups in total. The first-order valence-corrected chi connectivity index (χ1v) is 11.9. The second-order valence-electron chi connectivity index (χ2n) is 8.97. The van der Waals surface area contributed by atoms with Crippen molar-refractivity contribution in [2.24, 2.45) is 0 Å². The Morgan fingerprint density at radius 3 is 2.56 bits per heavy atom. The number of hydrogen-bond acceptors (Lipinski definition) is 6. The number of nitrogens with zero attached hydrogens (tertiary/aromatic N) is 2. The summed E-state index contributed by atoms with van der Waals surface area (Å²) in [4.78, 5) is 42.9. The third-order valence-electron chi connectivity index (χ3n) is 6.39. The van der Waals surface area contributed by atoms with Crippen LogP contribution in [0.1, 0.15) is 52.9 Å². The standard InChI is InChI=1S/C27H29N3O6/c1-17(27(34)35)22-14-19(7-8-20(22)15-28-24(32)13-18-5-3-2-4-6-18)25-29-23(16-36-25)26(33)30-11-9-21(31)10-12-30/h2-8,14,16-17,21,31H,9-13,15H2,1H3,(H,28,32)(H,34,35). The van der Waals surface area contributed by atoms with Crippen molar-refractivity contribution in [3.05, 3.63) is 77.2 Å². The number of aliphatic hydroxyl groups is 1. The van der Waals surface area contributed by atoms with Crippen LogP contribution in [-0.4, -0.2) is 57.1 Å². The van der Waals surface area contributed by atoms with Crippen molar-refractivity contribution < 1.29 is 29.0 Å². The molecule has 4 rings (SSSR count). The number of aliphatic hydroxyl groups excluding tert-OH is 1. The van der Waals surface area contributed by atoms with Crippen molar-refractivity contribution in [2.45, 2.75) is 44.8 Å². The summed E-state index contributed by atoms with van der Waals surface area (Å²) < 4.78 is 5.56. The number of carboxylic acid groups (broad SMARTS) is 1. The third kappa shape index (κ3) is 5.98. The summed E-state index contributed by atoms with van der Waals surface area (Å²) in [7, 11) is 0. The van der Waals surface area contributed by atoms with E-state index in [-0.39, 0.29) is 36.4 Å². The number of aromatic nitrogens is 1. The van der Waals surface area contributed by atoms with Crippen LogP contribution in [-0.2, 0) is 22.6 Å². The Morgan fingerprint density at radius 2 is 1.86 bits per heavy atom. The van der Waals surface area contributed by atoms with Crippen LogP contribution in [0.4, 0.5) is 0 Å². The Morgan fingerprint density at radius 1 is 1.14 bits per heavy atom. The molecule has 0 aliphatic carbocycles. The van der Waals surface area contributed by atoms with Gasteiger partial charge in [0, 0.05) is 25.2 Å². The molecule has 1 fully saturated rings. The van der Waals surface area contributed by atoms with Gasteiger partial charge in [-0.25, -0.2) is 4.98 Å². The van der Waals surface area contributed by atoms with E-state index in [1.54, 1.807) is 30.0 Å². The molecule has 9 heteroatoms. The third-order valence-corrected chi connectivity index (χ3v) is 6.39. The SMILES string of the molecule is CC(C(=O)O)c1cc(-c2nc(C(=O)N3CCC(O)CC3)co2)ccc1CNC(=O)Cc1ccccc1. The van der Waals surface area contributed by atoms with E-state index in [9.17, 15) is 24.6 Å². The molecule has 2 amide bonds. The smallest absolute Gasteiger partial charge is 0.310 e. The summed E-state index contributed by atoms with van der Waals surface area (Å²) >= 11 is 0. The summed E-state index contributed by atoms with van der Waals surface area (Å²) in [5, 5.41) is 22.2. The Balaban J connectivity index is 1.50. The van der Waals surface area contributed by atoms with Crippen LogP contribution < -0.4 is 5.32 Å². The van der Waals surface area contributed by atoms with Crippen LogP contribution in [0, 0.1) is 0 Å². The van der Waals surface area contributed by atoms with Crippen molar-refractivity contribution in [3.8, 4) is 11.5 Å². The minimum Gasteiger partial charge on any atom is -0.481 e. The van der Waals surface area contributed by atoms with Crippen molar-refractivity contribution >= 4 is 17.8 Å². The van der Waals surface area contributed by atoms with E-state index in [0.29, 0.717) is 42.6 Å². The number of piperidine rings is 1. The van der Waals surface area contributed by atoms with Crippen molar-refractivity contribution in [1.29, 1.82) is 0 Å². The normalized spacial score (nSPS) is 14.9. The molecule has 1 unspecified atom stereocenters. The van der Waals surface area contributed by atoms with Crippen LogP contribution in [0.25, 0.3) is 11.5 Å². The number of oxazole rings is 1. The molecule has 1 aliphatic heterocycles. The lowest BCUT2D eigenvalue weighted by atomic mass is 9.93. The van der Waals surface area contributed by atoms with Gasteiger partial charge < -0.3 is 24.8 Å². The quantitative estimate of drug-likeness (QED) is 0.441. The van der Waals surface area contributed by atoms with E-state index in [4.69, 9.17) is 4.42 Å². The highest BCUT2D eigenvalue weighted by atomic mass is 16.4. The van der Waals surface area contributed by atoms with Gasteiger partial charge in [0.15, 0.2) is 5.69 Å². The maximum atomic E-state index is 12.8. The predicted molar refractivity (Wildman–Crippen MR) is 131 cm³/mol. The Bertz CT molecular complexity index is 1230. The average Bonchev–Trinajstić information content (AvgIpc) is 3.38. The van der Waals surface area contributed by atoms with Crippen LogP contribution in [0.5, 0.6) is 0 Å². The number of rotatable bonds is 8. The van der Waals surface area contributed by atoms with Gasteiger partial charge in [0.25, 0.3) is 5.91 Å². The highest BCUT2D eigenvalue weighted by Gasteiger charge is 2.25. The number of carbonyl (C=O) groups is 3. The molecule has 3 aromatic rings. The Hall–Kier alpha value is -3.98. The average molecular weight is 492 g/mol. The summed E-state index contributed by atoms with van der Waals surface area (Å²) in [6.07, 6.45) is 2.18. The first kappa shape index (κ1) is 25.1. The van der Waals surface area contributed by atoms with E-state index in [1.807, 2.05) is 30.3 Å². The molecular weight excluding hydrogens is 462 g/mol. The van der Waals surface area contributed by atoms with E-state index in [2.05, 4.69) is 10.3 Å². The number of amides is 2. The molecule has 9 nitrogen and oxygen atoms in total. The number of benzene rings is 2. The fourth-order valence-electron chi connectivity index (χ4n) is 4.20. The lowest BCUT2D eigenvalue weighted by Gasteiger charge is -2.28. The van der Waals surface area contributed by atoms with Gasteiger partial charge in [-0.3, -0.25) is 14.4 Å². The van der Waals surface area contributed by atoms with Crippen LogP contribution in [0.2, 0.25) is 0 Å². The van der Waals surface area contributed by atoms with Crippen molar-refractivity contribution in [2.75, 3.05) is 13.1 Å². The molecule has 1 saturated heterocycles. The summed E-state index contributed by atoms with van der Waals surface area (Å²) in [5.41, 5.74) is 2.78. The number of carbonyl (C=O) groups excluding carboxylic acids is 2. The number of hydrogen-bond donors (Lipinski definition) is 3. The number of carboxylic acids is 1. The number of aliphatic carboxylic acids is 1. The van der Waals surface area contributed by atoms with Gasteiger partial charge in [0.2, 0.25) is 11.8 Å². The first-order valence-electron chi connectivity index (χ1n) is 11.9. The van der Waals surface area contributed by atoms with Crippen molar-refractivity contribution in [3.63, 3.8) is 0 Å². The maximum Gasteiger partial charge on any atom is 0.310 e. The van der Waals surface area contributed by atoms with Gasteiger partial charge in [-0.2, -0.15) is 0 Å². The van der Waals surface area contributed by atoms with Gasteiger partial charge in [-0.05, 0) is 48.6 Å². The van der Waals surface area contributed by atoms with Crippen molar-refractivity contribution in [1.82, 2.24) is 15.2 Å². The number of nitrogens with one attached hydrogen (secondary N) is 1. The van der Waals surface area contributed by atoms with E-state index in [0.717, 1.165) is 5.56 Å². The summed E-state index contributed by atoms with van der Waals surface area (Å²) in [6.45, 7) is 2.65. The largest absolute Gasteiger partial charge is 0.481 e. The molecule has 0 radical (unpaired) electrons. The van der Waals surface area contributed by atoms with Gasteiger partial charge in [0.1, 0.15) is 6.26 Å². The minimum absolute atomic E-state index is 0.159. The van der Waals surface area contributed by atoms with E-state index < -0.39 is 18.0 Å². The zero-order valence-electron chi connectivity index (χ0n) is 20.0. The van der Waals surface area contributed by atoms with E-state index >= 15 is 0 Å². The highest BCUT2D eigenvalue weighted by Crippen LogP contribution is 2.28. The molecule has 36 heavy (non-hydrogen) atoms. The monoisotopic (exact) mass is 491 g/mol. The molecule has 1 aliphatic rings. The molecule has 0 saturated carbocycles. The fraction of sp³-hybridized carbons (Fsp3) is 0.333. The lowest BCUT2D eigenvalue weighted by molar-refractivity contribution is -0.138. The second kappa shape index (κ2) is 11.2. The van der Waals surface area contributed by atoms with E-state index in [1.165, 1.54) is 6.26 Å². The highest BCUT2D eigenvalue weighted by molar-refractivity contribution is 5.92. The topological polar surface area (TPSA) is 133 Å². The molecule has 1 atom stereocenters. The Kier molecular flexibility index (Phi) is 7.80.